The first kappa shape index (κ1) is 16.2. The number of halogens is 1. The van der Waals surface area contributed by atoms with Crippen LogP contribution in [0.15, 0.2) is 18.2 Å². The Morgan fingerprint density at radius 2 is 2.24 bits per heavy atom. The highest BCUT2D eigenvalue weighted by molar-refractivity contribution is 6.31. The first-order chi connectivity index (χ1) is 10.1. The van der Waals surface area contributed by atoms with Crippen LogP contribution >= 0.6 is 11.6 Å². The lowest BCUT2D eigenvalue weighted by molar-refractivity contribution is -0.385. The van der Waals surface area contributed by atoms with Crippen LogP contribution in [-0.2, 0) is 6.54 Å². The van der Waals surface area contributed by atoms with Crippen molar-refractivity contribution in [3.63, 3.8) is 0 Å². The molecule has 1 aliphatic rings. The molecule has 116 valence electrons. The number of rotatable bonds is 6. The van der Waals surface area contributed by atoms with Gasteiger partial charge in [0.2, 0.25) is 0 Å². The highest BCUT2D eigenvalue weighted by Crippen LogP contribution is 2.33. The third kappa shape index (κ3) is 3.54. The molecule has 1 aliphatic carbocycles. The molecular weight excluding hydrogens is 290 g/mol. The van der Waals surface area contributed by atoms with E-state index in [-0.39, 0.29) is 10.6 Å². The summed E-state index contributed by atoms with van der Waals surface area (Å²) in [5.41, 5.74) is 6.56. The van der Waals surface area contributed by atoms with Gasteiger partial charge in [-0.2, -0.15) is 0 Å². The minimum absolute atomic E-state index is 0.100. The molecule has 1 aromatic carbocycles. The van der Waals surface area contributed by atoms with E-state index in [0.717, 1.165) is 19.4 Å². The van der Waals surface area contributed by atoms with Crippen LogP contribution < -0.4 is 5.73 Å². The molecule has 6 heteroatoms. The monoisotopic (exact) mass is 311 g/mol. The van der Waals surface area contributed by atoms with Gasteiger partial charge in [0.05, 0.1) is 15.5 Å². The molecule has 21 heavy (non-hydrogen) atoms. The minimum atomic E-state index is -0.357. The van der Waals surface area contributed by atoms with Gasteiger partial charge in [-0.15, -0.1) is 0 Å². The van der Waals surface area contributed by atoms with E-state index in [1.165, 1.54) is 12.5 Å². The lowest BCUT2D eigenvalue weighted by atomic mass is 10.0. The number of nitrogens with zero attached hydrogens (tertiary/aromatic N) is 2. The molecule has 0 aromatic heterocycles. The smallest absolute Gasteiger partial charge is 0.275 e. The van der Waals surface area contributed by atoms with E-state index in [1.807, 2.05) is 0 Å². The van der Waals surface area contributed by atoms with Crippen LogP contribution in [0, 0.1) is 16.0 Å². The van der Waals surface area contributed by atoms with Crippen LogP contribution in [0.25, 0.3) is 0 Å². The summed E-state index contributed by atoms with van der Waals surface area (Å²) in [5, 5.41) is 11.7. The average molecular weight is 312 g/mol. The molecule has 2 rings (SSSR count). The van der Waals surface area contributed by atoms with Crippen LogP contribution in [0.5, 0.6) is 0 Å². The summed E-state index contributed by atoms with van der Waals surface area (Å²) in [6.07, 6.45) is 3.42. The number of hydrogen-bond donors (Lipinski definition) is 1. The Morgan fingerprint density at radius 3 is 2.86 bits per heavy atom. The molecule has 0 bridgehead atoms. The maximum atomic E-state index is 11.2. The van der Waals surface area contributed by atoms with Gasteiger partial charge in [-0.3, -0.25) is 15.0 Å². The van der Waals surface area contributed by atoms with Gasteiger partial charge in [-0.1, -0.05) is 31.0 Å². The fourth-order valence-corrected chi connectivity index (χ4v) is 3.54. The molecule has 2 atom stereocenters. The molecule has 0 aliphatic heterocycles. The minimum Gasteiger partial charge on any atom is -0.330 e. The summed E-state index contributed by atoms with van der Waals surface area (Å²) in [6, 6.07) is 5.26. The van der Waals surface area contributed by atoms with Crippen molar-refractivity contribution >= 4 is 17.3 Å². The molecule has 0 saturated heterocycles. The van der Waals surface area contributed by atoms with Crippen LogP contribution in [-0.4, -0.2) is 29.0 Å². The standard InChI is InChI=1S/C15H22ClN3O2/c1-2-18(14-7-3-5-11(14)9-17)10-12-13(16)6-4-8-15(12)19(20)21/h4,6,8,11,14H,2-3,5,7,9-10,17H2,1H3. The fourth-order valence-electron chi connectivity index (χ4n) is 3.31. The normalized spacial score (nSPS) is 21.9. The lowest BCUT2D eigenvalue weighted by Crippen LogP contribution is -2.40. The van der Waals surface area contributed by atoms with E-state index in [0.29, 0.717) is 35.6 Å². The molecule has 0 amide bonds. The Hall–Kier alpha value is -1.17. The van der Waals surface area contributed by atoms with Crippen LogP contribution in [0.2, 0.25) is 5.02 Å². The van der Waals surface area contributed by atoms with E-state index >= 15 is 0 Å². The molecule has 0 heterocycles. The van der Waals surface area contributed by atoms with Gasteiger partial charge in [0, 0.05) is 18.7 Å². The Balaban J connectivity index is 2.25. The van der Waals surface area contributed by atoms with Crippen molar-refractivity contribution < 1.29 is 4.92 Å². The molecule has 1 aromatic rings. The second-order valence-electron chi connectivity index (χ2n) is 5.55. The Labute approximate surface area is 130 Å². The molecule has 2 N–H and O–H groups in total. The summed E-state index contributed by atoms with van der Waals surface area (Å²) < 4.78 is 0. The maximum absolute atomic E-state index is 11.2. The summed E-state index contributed by atoms with van der Waals surface area (Å²) in [5.74, 6) is 0.478. The van der Waals surface area contributed by atoms with Crippen molar-refractivity contribution in [2.45, 2.75) is 38.8 Å². The zero-order valence-electron chi connectivity index (χ0n) is 12.3. The number of nitrogens with two attached hydrogens (primary N) is 1. The Morgan fingerprint density at radius 1 is 1.48 bits per heavy atom. The highest BCUT2D eigenvalue weighted by Gasteiger charge is 2.31. The van der Waals surface area contributed by atoms with E-state index in [9.17, 15) is 10.1 Å². The SMILES string of the molecule is CCN(Cc1c(Cl)cccc1[N+](=O)[O-])C1CCCC1CN. The predicted octanol–water partition coefficient (Wildman–Crippen LogP) is 3.20. The van der Waals surface area contributed by atoms with Crippen LogP contribution in [0.3, 0.4) is 0 Å². The van der Waals surface area contributed by atoms with Crippen molar-refractivity contribution in [3.8, 4) is 0 Å². The summed E-state index contributed by atoms with van der Waals surface area (Å²) in [7, 11) is 0. The Bertz CT molecular complexity index is 510. The second kappa shape index (κ2) is 7.20. The quantitative estimate of drug-likeness (QED) is 0.647. The lowest BCUT2D eigenvalue weighted by Gasteiger charge is -2.31. The van der Waals surface area contributed by atoms with Gasteiger partial charge in [-0.25, -0.2) is 0 Å². The third-order valence-corrected chi connectivity index (χ3v) is 4.80. The van der Waals surface area contributed by atoms with Gasteiger partial charge in [0.15, 0.2) is 0 Å². The summed E-state index contributed by atoms with van der Waals surface area (Å²) in [6.45, 7) is 4.09. The van der Waals surface area contributed by atoms with Gasteiger partial charge in [0.1, 0.15) is 0 Å². The van der Waals surface area contributed by atoms with Crippen LogP contribution in [0.1, 0.15) is 31.7 Å². The topological polar surface area (TPSA) is 72.4 Å². The molecule has 1 fully saturated rings. The van der Waals surface area contributed by atoms with Crippen molar-refractivity contribution in [2.24, 2.45) is 11.7 Å². The second-order valence-corrected chi connectivity index (χ2v) is 5.96. The fraction of sp³-hybridized carbons (Fsp3) is 0.600. The first-order valence-corrected chi connectivity index (χ1v) is 7.82. The summed E-state index contributed by atoms with van der Waals surface area (Å²) in [4.78, 5) is 13.1. The number of hydrogen-bond acceptors (Lipinski definition) is 4. The van der Waals surface area contributed by atoms with Crippen molar-refractivity contribution in [1.29, 1.82) is 0 Å². The van der Waals surface area contributed by atoms with Gasteiger partial charge in [-0.05, 0) is 37.9 Å². The molecule has 2 unspecified atom stereocenters. The van der Waals surface area contributed by atoms with Gasteiger partial charge in [0.25, 0.3) is 5.69 Å². The number of nitro benzene ring substituents is 1. The van der Waals surface area contributed by atoms with Gasteiger partial charge >= 0.3 is 0 Å². The van der Waals surface area contributed by atoms with Gasteiger partial charge < -0.3 is 5.73 Å². The molecule has 0 spiro atoms. The predicted molar refractivity (Wildman–Crippen MR) is 84.4 cm³/mol. The van der Waals surface area contributed by atoms with E-state index in [1.54, 1.807) is 12.1 Å². The number of nitro groups is 1. The maximum Gasteiger partial charge on any atom is 0.275 e. The third-order valence-electron chi connectivity index (χ3n) is 4.45. The molecular formula is C15H22ClN3O2. The largest absolute Gasteiger partial charge is 0.330 e. The highest BCUT2D eigenvalue weighted by atomic mass is 35.5. The Kier molecular flexibility index (Phi) is 5.56. The van der Waals surface area contributed by atoms with E-state index in [4.69, 9.17) is 17.3 Å². The van der Waals surface area contributed by atoms with Crippen molar-refractivity contribution in [3.05, 3.63) is 38.9 Å². The first-order valence-electron chi connectivity index (χ1n) is 7.44. The molecule has 1 saturated carbocycles. The van der Waals surface area contributed by atoms with E-state index < -0.39 is 0 Å². The number of benzene rings is 1. The molecule has 5 nitrogen and oxygen atoms in total. The van der Waals surface area contributed by atoms with Crippen molar-refractivity contribution in [1.82, 2.24) is 4.90 Å². The average Bonchev–Trinajstić information content (AvgIpc) is 2.94. The zero-order chi connectivity index (χ0) is 15.4. The molecule has 0 radical (unpaired) electrons. The zero-order valence-corrected chi connectivity index (χ0v) is 13.1. The van der Waals surface area contributed by atoms with Crippen molar-refractivity contribution in [2.75, 3.05) is 13.1 Å². The summed E-state index contributed by atoms with van der Waals surface area (Å²) >= 11 is 6.20. The van der Waals surface area contributed by atoms with E-state index in [2.05, 4.69) is 11.8 Å². The van der Waals surface area contributed by atoms with Crippen LogP contribution in [0.4, 0.5) is 5.69 Å².